The summed E-state index contributed by atoms with van der Waals surface area (Å²) in [5.74, 6) is 0.803. The zero-order valence-corrected chi connectivity index (χ0v) is 15.2. The lowest BCUT2D eigenvalue weighted by Crippen LogP contribution is -2.54. The largest absolute Gasteiger partial charge is 0.306 e. The number of nitrogens with one attached hydrogen (secondary N) is 1. The van der Waals surface area contributed by atoms with Gasteiger partial charge in [0.2, 0.25) is 5.91 Å². The standard InChI is InChI=1S/C22H27N3O/c26-22(21-13-14-23-21)25(20-9-5-2-6-10-20)16-19-12-11-18(15-24-19)17-7-3-1-4-8-17/h2,5-6,9-12,15,17,21,23H,1,3-4,7-8,13-14,16H2. The molecule has 1 N–H and O–H groups in total. The van der Waals surface area contributed by atoms with E-state index in [9.17, 15) is 4.79 Å². The monoisotopic (exact) mass is 349 g/mol. The van der Waals surface area contributed by atoms with Crippen LogP contribution in [-0.2, 0) is 11.3 Å². The highest BCUT2D eigenvalue weighted by Crippen LogP contribution is 2.32. The second kappa shape index (κ2) is 8.00. The van der Waals surface area contributed by atoms with Gasteiger partial charge in [0.1, 0.15) is 0 Å². The zero-order chi connectivity index (χ0) is 17.8. The number of nitrogens with zero attached hydrogens (tertiary/aromatic N) is 2. The molecule has 0 spiro atoms. The molecule has 1 unspecified atom stereocenters. The van der Waals surface area contributed by atoms with E-state index < -0.39 is 0 Å². The molecule has 1 aromatic carbocycles. The number of pyridine rings is 1. The average molecular weight is 349 g/mol. The van der Waals surface area contributed by atoms with Crippen molar-refractivity contribution in [3.63, 3.8) is 0 Å². The van der Waals surface area contributed by atoms with Gasteiger partial charge < -0.3 is 10.2 Å². The minimum Gasteiger partial charge on any atom is -0.306 e. The molecule has 2 aliphatic rings. The minimum atomic E-state index is -0.0586. The van der Waals surface area contributed by atoms with E-state index in [1.807, 2.05) is 41.4 Å². The number of para-hydroxylation sites is 1. The number of aromatic nitrogens is 1. The Kier molecular flexibility index (Phi) is 5.30. The van der Waals surface area contributed by atoms with Crippen LogP contribution < -0.4 is 10.2 Å². The molecule has 4 nitrogen and oxygen atoms in total. The normalized spacial score (nSPS) is 20.4. The van der Waals surface area contributed by atoms with Gasteiger partial charge in [0.05, 0.1) is 18.3 Å². The van der Waals surface area contributed by atoms with Crippen molar-refractivity contribution in [2.24, 2.45) is 0 Å². The molecule has 1 aliphatic heterocycles. The summed E-state index contributed by atoms with van der Waals surface area (Å²) in [6.07, 6.45) is 9.53. The molecule has 1 atom stereocenters. The third kappa shape index (κ3) is 3.80. The average Bonchev–Trinajstić information content (AvgIpc) is 2.66. The highest BCUT2D eigenvalue weighted by molar-refractivity contribution is 5.97. The predicted molar refractivity (Wildman–Crippen MR) is 104 cm³/mol. The van der Waals surface area contributed by atoms with Crippen LogP contribution in [0.5, 0.6) is 0 Å². The number of rotatable bonds is 5. The van der Waals surface area contributed by atoms with Crippen molar-refractivity contribution in [1.82, 2.24) is 10.3 Å². The van der Waals surface area contributed by atoms with Crippen LogP contribution in [0.2, 0.25) is 0 Å². The maximum atomic E-state index is 12.9. The van der Waals surface area contributed by atoms with Crippen molar-refractivity contribution in [3.8, 4) is 0 Å². The molecule has 1 saturated heterocycles. The van der Waals surface area contributed by atoms with E-state index in [0.717, 1.165) is 24.3 Å². The molecule has 0 bridgehead atoms. The first-order valence-corrected chi connectivity index (χ1v) is 9.86. The second-order valence-electron chi connectivity index (χ2n) is 7.47. The first kappa shape index (κ1) is 17.2. The molecule has 26 heavy (non-hydrogen) atoms. The minimum absolute atomic E-state index is 0.0586. The van der Waals surface area contributed by atoms with Crippen LogP contribution in [0.1, 0.15) is 55.7 Å². The lowest BCUT2D eigenvalue weighted by atomic mass is 9.85. The molecule has 0 radical (unpaired) electrons. The molecule has 1 aromatic heterocycles. The molecule has 1 amide bonds. The van der Waals surface area contributed by atoms with Gasteiger partial charge in [-0.1, -0.05) is 43.5 Å². The molecule has 136 valence electrons. The molecule has 1 aliphatic carbocycles. The zero-order valence-electron chi connectivity index (χ0n) is 15.2. The molecule has 4 heteroatoms. The Bertz CT molecular complexity index is 719. The Balaban J connectivity index is 1.50. The van der Waals surface area contributed by atoms with Gasteiger partial charge in [-0.25, -0.2) is 0 Å². The maximum absolute atomic E-state index is 12.9. The van der Waals surface area contributed by atoms with Crippen molar-refractivity contribution in [2.45, 2.75) is 57.0 Å². The molecular weight excluding hydrogens is 322 g/mol. The number of carbonyl (C=O) groups excluding carboxylic acids is 1. The van der Waals surface area contributed by atoms with Crippen LogP contribution >= 0.6 is 0 Å². The van der Waals surface area contributed by atoms with Crippen molar-refractivity contribution >= 4 is 11.6 Å². The van der Waals surface area contributed by atoms with Crippen molar-refractivity contribution in [1.29, 1.82) is 0 Å². The Morgan fingerprint density at radius 1 is 1.04 bits per heavy atom. The quantitative estimate of drug-likeness (QED) is 0.886. The van der Waals surface area contributed by atoms with Gasteiger partial charge in [-0.15, -0.1) is 0 Å². The summed E-state index contributed by atoms with van der Waals surface area (Å²) in [7, 11) is 0. The van der Waals surface area contributed by atoms with Crippen LogP contribution in [0.25, 0.3) is 0 Å². The van der Waals surface area contributed by atoms with Gasteiger partial charge >= 0.3 is 0 Å². The fraction of sp³-hybridized carbons (Fsp3) is 0.455. The summed E-state index contributed by atoms with van der Waals surface area (Å²) in [6, 6.07) is 14.2. The van der Waals surface area contributed by atoms with E-state index in [1.54, 1.807) is 0 Å². The highest BCUT2D eigenvalue weighted by Gasteiger charge is 2.30. The first-order valence-electron chi connectivity index (χ1n) is 9.86. The molecular formula is C22H27N3O. The summed E-state index contributed by atoms with van der Waals surface area (Å²) in [6.45, 7) is 1.44. The number of benzene rings is 1. The van der Waals surface area contributed by atoms with Gasteiger partial charge in [0.25, 0.3) is 0 Å². The van der Waals surface area contributed by atoms with Gasteiger partial charge in [-0.2, -0.15) is 0 Å². The van der Waals surface area contributed by atoms with Gasteiger partial charge in [0, 0.05) is 11.9 Å². The fourth-order valence-electron chi connectivity index (χ4n) is 3.96. The third-order valence-corrected chi connectivity index (χ3v) is 5.70. The van der Waals surface area contributed by atoms with Crippen LogP contribution in [0.3, 0.4) is 0 Å². The lowest BCUT2D eigenvalue weighted by molar-refractivity contribution is -0.122. The van der Waals surface area contributed by atoms with Crippen LogP contribution in [0.15, 0.2) is 48.7 Å². The lowest BCUT2D eigenvalue weighted by Gasteiger charge is -2.32. The fourth-order valence-corrected chi connectivity index (χ4v) is 3.96. The molecule has 2 fully saturated rings. The number of amides is 1. The van der Waals surface area contributed by atoms with Gasteiger partial charge in [-0.05, 0) is 55.5 Å². The number of hydrogen-bond donors (Lipinski definition) is 1. The second-order valence-corrected chi connectivity index (χ2v) is 7.47. The Morgan fingerprint density at radius 2 is 1.81 bits per heavy atom. The highest BCUT2D eigenvalue weighted by atomic mass is 16.2. The summed E-state index contributed by atoms with van der Waals surface area (Å²) in [4.78, 5) is 19.4. The van der Waals surface area contributed by atoms with E-state index in [2.05, 4.69) is 17.4 Å². The van der Waals surface area contributed by atoms with Gasteiger partial charge in [-0.3, -0.25) is 9.78 Å². The third-order valence-electron chi connectivity index (χ3n) is 5.70. The maximum Gasteiger partial charge on any atom is 0.244 e. The van der Waals surface area contributed by atoms with Crippen LogP contribution in [0.4, 0.5) is 5.69 Å². The molecule has 1 saturated carbocycles. The Hall–Kier alpha value is -2.20. The molecule has 2 aromatic rings. The summed E-state index contributed by atoms with van der Waals surface area (Å²) in [5, 5.41) is 3.22. The number of hydrogen-bond acceptors (Lipinski definition) is 3. The number of carbonyl (C=O) groups is 1. The van der Waals surface area contributed by atoms with E-state index >= 15 is 0 Å². The van der Waals surface area contributed by atoms with E-state index in [-0.39, 0.29) is 11.9 Å². The predicted octanol–water partition coefficient (Wildman–Crippen LogP) is 4.02. The number of anilines is 1. The van der Waals surface area contributed by atoms with Crippen LogP contribution in [-0.4, -0.2) is 23.5 Å². The Morgan fingerprint density at radius 3 is 2.42 bits per heavy atom. The topological polar surface area (TPSA) is 45.2 Å². The molecule has 2 heterocycles. The SMILES string of the molecule is O=C(C1CCN1)N(Cc1ccc(C2CCCCC2)cn1)c1ccccc1. The summed E-state index contributed by atoms with van der Waals surface area (Å²) in [5.41, 5.74) is 3.23. The van der Waals surface area contributed by atoms with Crippen molar-refractivity contribution in [2.75, 3.05) is 11.4 Å². The van der Waals surface area contributed by atoms with Crippen molar-refractivity contribution in [3.05, 3.63) is 59.9 Å². The summed E-state index contributed by atoms with van der Waals surface area (Å²) < 4.78 is 0. The first-order chi connectivity index (χ1) is 12.8. The summed E-state index contributed by atoms with van der Waals surface area (Å²) >= 11 is 0. The van der Waals surface area contributed by atoms with E-state index in [1.165, 1.54) is 37.7 Å². The van der Waals surface area contributed by atoms with Crippen LogP contribution in [0, 0.1) is 0 Å². The van der Waals surface area contributed by atoms with E-state index in [0.29, 0.717) is 12.5 Å². The smallest absolute Gasteiger partial charge is 0.244 e. The molecule has 4 rings (SSSR count). The van der Waals surface area contributed by atoms with E-state index in [4.69, 9.17) is 4.98 Å². The Labute approximate surface area is 155 Å². The van der Waals surface area contributed by atoms with Crippen molar-refractivity contribution < 1.29 is 4.79 Å². The van der Waals surface area contributed by atoms with Gasteiger partial charge in [0.15, 0.2) is 0 Å².